The Kier molecular flexibility index (Phi) is 19.8. The second kappa shape index (κ2) is 27.7. The van der Waals surface area contributed by atoms with Crippen LogP contribution in [0, 0.1) is 0 Å². The van der Waals surface area contributed by atoms with E-state index in [1.165, 1.54) is 28.7 Å². The summed E-state index contributed by atoms with van der Waals surface area (Å²) < 4.78 is 0. The van der Waals surface area contributed by atoms with Gasteiger partial charge in [-0.3, -0.25) is 9.97 Å². The molecule has 0 atom stereocenters. The number of hydrogen-bond acceptors (Lipinski definition) is 9. The van der Waals surface area contributed by atoms with Crippen LogP contribution in [0.25, 0.3) is 69.3 Å². The molecular formula is C63H44N8O2RuS2. The number of carbonyl (C=O) groups is 1. The molecule has 10 rings (SSSR count). The van der Waals surface area contributed by atoms with E-state index in [2.05, 4.69) is 185 Å². The van der Waals surface area contributed by atoms with Crippen LogP contribution in [0.2, 0.25) is 0 Å². The number of thiocarbonyl (C=S) groups is 2. The number of isothiocyanates is 2. The van der Waals surface area contributed by atoms with Gasteiger partial charge < -0.3 is 25.7 Å². The van der Waals surface area contributed by atoms with Gasteiger partial charge in [0.25, 0.3) is 0 Å². The normalized spacial score (nSPS) is 10.4. The second-order valence-electron chi connectivity index (χ2n) is 16.3. The minimum Gasteiger partial charge on any atom is -0.753 e. The number of nitrogens with zero attached hydrogens (tertiary/aromatic N) is 8. The SMILES string of the molecule is O=C(O)c1ccnc(-c2cccc(-c3cc(/C=C/c4ccc(N(c5ccccc5)c5ccccc5)cc4)cc(-c4cc(/C=C/c5ccc(N(c6ccccc6)c6ccccc6)cc5)ccn4)n3)n2)c1.[N-]=C=S.[N-]=C=S.[Ru+2]. The molecule has 0 fully saturated rings. The number of carboxylic acid groups (broad SMARTS) is 1. The summed E-state index contributed by atoms with van der Waals surface area (Å²) in [5, 5.41) is 26.6. The number of hydrogen-bond donors (Lipinski definition) is 1. The minimum atomic E-state index is -1.03. The van der Waals surface area contributed by atoms with Gasteiger partial charge in [-0.2, -0.15) is 10.3 Å². The Bertz CT molecular complexity index is 3540. The molecule has 1 N–H and O–H groups in total. The Labute approximate surface area is 464 Å². The van der Waals surface area contributed by atoms with E-state index in [1.54, 1.807) is 6.20 Å². The van der Waals surface area contributed by atoms with E-state index in [-0.39, 0.29) is 25.0 Å². The molecule has 0 bridgehead atoms. The molecule has 0 saturated carbocycles. The summed E-state index contributed by atoms with van der Waals surface area (Å²) in [5.74, 6) is -1.03. The monoisotopic (exact) mass is 1110 g/mol. The Morgan fingerprint density at radius 3 is 1.16 bits per heavy atom. The maximum Gasteiger partial charge on any atom is 2.00 e. The summed E-state index contributed by atoms with van der Waals surface area (Å²) in [5.41, 5.74) is 14.1. The van der Waals surface area contributed by atoms with Crippen molar-refractivity contribution in [1.82, 2.24) is 19.9 Å². The number of para-hydroxylation sites is 4. The van der Waals surface area contributed by atoms with E-state index in [0.29, 0.717) is 34.2 Å². The molecule has 0 radical (unpaired) electrons. The van der Waals surface area contributed by atoms with Crippen molar-refractivity contribution in [3.63, 3.8) is 0 Å². The average Bonchev–Trinajstić information content (AvgIpc) is 3.46. The molecule has 368 valence electrons. The molecule has 10 nitrogen and oxygen atoms in total. The molecule has 0 aliphatic rings. The number of pyridine rings is 4. The van der Waals surface area contributed by atoms with Crippen LogP contribution in [0.4, 0.5) is 34.1 Å². The number of anilines is 6. The van der Waals surface area contributed by atoms with E-state index >= 15 is 0 Å². The first-order valence-corrected chi connectivity index (χ1v) is 24.2. The van der Waals surface area contributed by atoms with Crippen LogP contribution in [0.1, 0.15) is 32.6 Å². The third-order valence-corrected chi connectivity index (χ3v) is 11.5. The number of aromatic carboxylic acids is 1. The average molecular weight is 1110 g/mol. The first-order chi connectivity index (χ1) is 36.8. The summed E-state index contributed by atoms with van der Waals surface area (Å²) in [6.07, 6.45) is 11.6. The Morgan fingerprint density at radius 2 is 0.724 bits per heavy atom. The maximum absolute atomic E-state index is 11.8. The van der Waals surface area contributed by atoms with Gasteiger partial charge in [0.2, 0.25) is 0 Å². The molecule has 4 heterocycles. The van der Waals surface area contributed by atoms with E-state index in [9.17, 15) is 9.90 Å². The molecule has 4 aromatic heterocycles. The van der Waals surface area contributed by atoms with Crippen molar-refractivity contribution in [2.24, 2.45) is 0 Å². The van der Waals surface area contributed by atoms with Gasteiger partial charge in [0, 0.05) is 46.5 Å². The van der Waals surface area contributed by atoms with Gasteiger partial charge in [-0.15, -0.1) is 0 Å². The molecule has 0 amide bonds. The van der Waals surface area contributed by atoms with Crippen LogP contribution in [0.5, 0.6) is 0 Å². The van der Waals surface area contributed by atoms with Crippen molar-refractivity contribution in [3.8, 4) is 34.2 Å². The first kappa shape index (κ1) is 54.5. The molecular weight excluding hydrogens is 1070 g/mol. The van der Waals surface area contributed by atoms with Gasteiger partial charge in [0.05, 0.1) is 39.7 Å². The standard InChI is InChI=1S/C61H44N6O2.2CNS.Ru/c68-61(69)48-37-39-63-58(43-48)55-22-13-23-56(64-55)59-41-47(27-25-45-30-34-54(35-31-45)67(51-18-9-3-10-19-51)52-20-11-4-12-21-52)42-60(65-59)57-40-46(36-38-62-57)26-24-44-28-32-53(33-29-44)66(49-14-5-1-6-15-49)50-16-7-2-8-17-50;2*2-1-3;/h1-43H,(H,68,69);;;/q;2*-1;+2/b26-24+,27-25+;;;. The fourth-order valence-corrected chi connectivity index (χ4v) is 8.08. The van der Waals surface area contributed by atoms with Gasteiger partial charge in [0.1, 0.15) is 0 Å². The molecule has 0 aliphatic carbocycles. The van der Waals surface area contributed by atoms with E-state index in [4.69, 9.17) is 25.8 Å². The topological polar surface area (TPSA) is 140 Å². The van der Waals surface area contributed by atoms with Crippen molar-refractivity contribution >= 4 is 99.2 Å². The van der Waals surface area contributed by atoms with E-state index < -0.39 is 5.97 Å². The summed E-state index contributed by atoms with van der Waals surface area (Å²) in [6, 6.07) is 75.1. The van der Waals surface area contributed by atoms with Crippen molar-refractivity contribution < 1.29 is 29.4 Å². The molecule has 76 heavy (non-hydrogen) atoms. The quantitative estimate of drug-likeness (QED) is 0.0636. The Balaban J connectivity index is 0.00000115. The summed E-state index contributed by atoms with van der Waals surface area (Å²) in [7, 11) is 0. The number of benzene rings is 6. The second-order valence-corrected chi connectivity index (χ2v) is 16.7. The van der Waals surface area contributed by atoms with Crippen LogP contribution in [0.15, 0.2) is 237 Å². The fraction of sp³-hybridized carbons (Fsp3) is 0. The van der Waals surface area contributed by atoms with Crippen molar-refractivity contribution in [2.45, 2.75) is 0 Å². The van der Waals surface area contributed by atoms with Crippen LogP contribution < -0.4 is 9.80 Å². The Morgan fingerprint density at radius 1 is 0.395 bits per heavy atom. The Hall–Kier alpha value is -9.31. The number of aromatic nitrogens is 4. The largest absolute Gasteiger partial charge is 2.00 e. The van der Waals surface area contributed by atoms with Crippen molar-refractivity contribution in [3.05, 3.63) is 275 Å². The maximum atomic E-state index is 11.8. The van der Waals surface area contributed by atoms with Gasteiger partial charge in [0.15, 0.2) is 0 Å². The summed E-state index contributed by atoms with van der Waals surface area (Å²) >= 11 is 7.40. The van der Waals surface area contributed by atoms with Crippen LogP contribution in [-0.4, -0.2) is 41.3 Å². The van der Waals surface area contributed by atoms with Gasteiger partial charge >= 0.3 is 25.4 Å². The zero-order valence-corrected chi connectivity index (χ0v) is 43.8. The van der Waals surface area contributed by atoms with Crippen LogP contribution >= 0.6 is 24.4 Å². The van der Waals surface area contributed by atoms with Crippen molar-refractivity contribution in [2.75, 3.05) is 9.80 Å². The molecule has 0 unspecified atom stereocenters. The van der Waals surface area contributed by atoms with Gasteiger partial charge in [-0.05, 0) is 144 Å². The zero-order valence-electron chi connectivity index (χ0n) is 40.4. The predicted octanol–water partition coefficient (Wildman–Crippen LogP) is 16.6. The van der Waals surface area contributed by atoms with Gasteiger partial charge in [-0.25, -0.2) is 14.8 Å². The molecule has 10 aromatic rings. The molecule has 0 aliphatic heterocycles. The summed E-state index contributed by atoms with van der Waals surface area (Å²) in [6.45, 7) is 0. The summed E-state index contributed by atoms with van der Waals surface area (Å²) in [4.78, 5) is 35.6. The smallest absolute Gasteiger partial charge is 0.753 e. The molecule has 6 aromatic carbocycles. The third-order valence-electron chi connectivity index (χ3n) is 11.5. The van der Waals surface area contributed by atoms with Gasteiger partial charge in [-0.1, -0.05) is 152 Å². The van der Waals surface area contributed by atoms with E-state index in [0.717, 1.165) is 56.4 Å². The fourth-order valence-electron chi connectivity index (χ4n) is 8.08. The zero-order chi connectivity index (χ0) is 52.2. The van der Waals surface area contributed by atoms with Crippen LogP contribution in [-0.2, 0) is 19.5 Å². The molecule has 0 spiro atoms. The first-order valence-electron chi connectivity index (χ1n) is 23.4. The van der Waals surface area contributed by atoms with Crippen molar-refractivity contribution in [1.29, 1.82) is 0 Å². The molecule has 0 saturated heterocycles. The number of carboxylic acids is 1. The number of rotatable bonds is 14. The molecule has 13 heteroatoms. The third kappa shape index (κ3) is 14.5. The minimum absolute atomic E-state index is 0. The predicted molar refractivity (Wildman–Crippen MR) is 313 cm³/mol. The van der Waals surface area contributed by atoms with E-state index in [1.807, 2.05) is 91.0 Å². The van der Waals surface area contributed by atoms with Crippen LogP contribution in [0.3, 0.4) is 0 Å².